The Morgan fingerprint density at radius 1 is 1.00 bits per heavy atom. The molecule has 0 spiro atoms. The molecule has 7 nitrogen and oxygen atoms in total. The molecule has 0 saturated carbocycles. The first kappa shape index (κ1) is 30.6. The van der Waals surface area contributed by atoms with Gasteiger partial charge in [-0.25, -0.2) is 4.79 Å². The number of fused-ring (bicyclic) bond motifs is 1. The van der Waals surface area contributed by atoms with Gasteiger partial charge in [0.25, 0.3) is 0 Å². The smallest absolute Gasteiger partial charge is 0.407 e. The third-order valence-electron chi connectivity index (χ3n) is 8.19. The molecular formula is C33H42N2O5S. The van der Waals surface area contributed by atoms with Gasteiger partial charge in [0.2, 0.25) is 5.91 Å². The van der Waals surface area contributed by atoms with Crippen LogP contribution in [0.25, 0.3) is 0 Å². The van der Waals surface area contributed by atoms with Gasteiger partial charge in [0, 0.05) is 18.0 Å². The quantitative estimate of drug-likeness (QED) is 0.352. The number of aryl methyl sites for hydroxylation is 3. The van der Waals surface area contributed by atoms with Crippen LogP contribution in [0.2, 0.25) is 0 Å². The van der Waals surface area contributed by atoms with Crippen LogP contribution in [-0.4, -0.2) is 66.4 Å². The molecule has 41 heavy (non-hydrogen) atoms. The number of nitrogens with zero attached hydrogens (tertiary/aromatic N) is 2. The van der Waals surface area contributed by atoms with Crippen LogP contribution in [0.5, 0.6) is 5.75 Å². The topological polar surface area (TPSA) is 79.3 Å². The molecule has 3 heterocycles. The van der Waals surface area contributed by atoms with E-state index in [2.05, 4.69) is 69.5 Å². The number of rotatable bonds is 6. The second-order valence-electron chi connectivity index (χ2n) is 11.0. The minimum absolute atomic E-state index is 0.0221. The van der Waals surface area contributed by atoms with Gasteiger partial charge in [-0.3, -0.25) is 4.79 Å². The third-order valence-corrected chi connectivity index (χ3v) is 9.19. The average molecular weight is 579 g/mol. The second-order valence-corrected chi connectivity index (χ2v) is 12.0. The van der Waals surface area contributed by atoms with Gasteiger partial charge in [-0.2, -0.15) is 0 Å². The Labute approximate surface area is 247 Å². The van der Waals surface area contributed by atoms with Crippen LogP contribution in [0.4, 0.5) is 4.79 Å². The largest absolute Gasteiger partial charge is 0.497 e. The van der Waals surface area contributed by atoms with Gasteiger partial charge < -0.3 is 24.4 Å². The van der Waals surface area contributed by atoms with E-state index in [-0.39, 0.29) is 31.2 Å². The van der Waals surface area contributed by atoms with Crippen LogP contribution in [0, 0.1) is 27.7 Å². The van der Waals surface area contributed by atoms with Crippen molar-refractivity contribution in [1.29, 1.82) is 0 Å². The Balaban J connectivity index is 0.000000296. The summed E-state index contributed by atoms with van der Waals surface area (Å²) >= 11 is 1.75. The average Bonchev–Trinajstić information content (AvgIpc) is 3.44. The number of carbonyl (C=O) groups is 2. The molecule has 2 aromatic carbocycles. The maximum Gasteiger partial charge on any atom is 0.407 e. The zero-order valence-electron chi connectivity index (χ0n) is 24.8. The number of ether oxygens (including phenoxy) is 2. The molecule has 1 aromatic heterocycles. The van der Waals surface area contributed by atoms with Crippen molar-refractivity contribution in [3.05, 3.63) is 86.1 Å². The minimum Gasteiger partial charge on any atom is -0.497 e. The van der Waals surface area contributed by atoms with E-state index in [4.69, 9.17) is 9.47 Å². The van der Waals surface area contributed by atoms with Crippen molar-refractivity contribution in [2.24, 2.45) is 0 Å². The predicted molar refractivity (Wildman–Crippen MR) is 163 cm³/mol. The molecule has 2 unspecified atom stereocenters. The lowest BCUT2D eigenvalue weighted by molar-refractivity contribution is -0.138. The molecule has 0 bridgehead atoms. The number of amides is 2. The Morgan fingerprint density at radius 3 is 2.44 bits per heavy atom. The molecule has 2 atom stereocenters. The maximum atomic E-state index is 13.1. The summed E-state index contributed by atoms with van der Waals surface area (Å²) in [6.07, 6.45) is 2.62. The highest BCUT2D eigenvalue weighted by Gasteiger charge is 2.33. The highest BCUT2D eigenvalue weighted by Crippen LogP contribution is 2.38. The van der Waals surface area contributed by atoms with E-state index in [1.807, 2.05) is 11.0 Å². The van der Waals surface area contributed by atoms with Crippen molar-refractivity contribution >= 4 is 23.3 Å². The molecule has 2 aliphatic rings. The van der Waals surface area contributed by atoms with Gasteiger partial charge in [0.15, 0.2) is 0 Å². The number of hydrogen-bond acceptors (Lipinski definition) is 5. The van der Waals surface area contributed by atoms with Crippen LogP contribution in [0.1, 0.15) is 63.6 Å². The fourth-order valence-electron chi connectivity index (χ4n) is 5.69. The molecule has 1 N–H and O–H groups in total. The summed E-state index contributed by atoms with van der Waals surface area (Å²) in [5, 5.41) is 11.5. The lowest BCUT2D eigenvalue weighted by Crippen LogP contribution is -2.46. The summed E-state index contributed by atoms with van der Waals surface area (Å²) in [7, 11) is 1.70. The summed E-state index contributed by atoms with van der Waals surface area (Å²) in [6.45, 7) is 9.85. The van der Waals surface area contributed by atoms with Crippen LogP contribution in [-0.2, 0) is 16.0 Å². The number of hydrogen-bond donors (Lipinski definition) is 1. The summed E-state index contributed by atoms with van der Waals surface area (Å²) in [4.78, 5) is 29.3. The Hall–Kier alpha value is -3.36. The van der Waals surface area contributed by atoms with Gasteiger partial charge in [0.05, 0.1) is 25.8 Å². The summed E-state index contributed by atoms with van der Waals surface area (Å²) in [6, 6.07) is 14.3. The minimum atomic E-state index is -0.907. The monoisotopic (exact) mass is 578 g/mol. The standard InChI is InChI=1S/C23H28N2O4S.C10H14O/c1-16-5-4-6-17(13-16)22-19-9-12-30-20(19)8-11-25(22)21(26)15-29-14-18-7-2-3-10-24(18)23(27)28;1-7-5-10(11-4)6-8(2)9(7)3/h4-6,9,12-13,18,22H,2-3,7-8,10-11,14-15H2,1H3,(H,27,28);5-6H,1-4H3. The lowest BCUT2D eigenvalue weighted by Gasteiger charge is -2.37. The Morgan fingerprint density at radius 2 is 1.76 bits per heavy atom. The number of likely N-dealkylation sites (tertiary alicyclic amines) is 1. The number of thiophene rings is 1. The predicted octanol–water partition coefficient (Wildman–Crippen LogP) is 6.70. The van der Waals surface area contributed by atoms with Crippen molar-refractivity contribution in [2.75, 3.05) is 33.4 Å². The van der Waals surface area contributed by atoms with Gasteiger partial charge in [-0.15, -0.1) is 11.3 Å². The lowest BCUT2D eigenvalue weighted by atomic mass is 9.92. The van der Waals surface area contributed by atoms with Crippen molar-refractivity contribution in [1.82, 2.24) is 9.80 Å². The van der Waals surface area contributed by atoms with Gasteiger partial charge in [-0.1, -0.05) is 29.8 Å². The Bertz CT molecular complexity index is 1330. The zero-order chi connectivity index (χ0) is 29.5. The summed E-state index contributed by atoms with van der Waals surface area (Å²) in [5.74, 6) is 0.904. The van der Waals surface area contributed by atoms with Crippen LogP contribution in [0.3, 0.4) is 0 Å². The van der Waals surface area contributed by atoms with Gasteiger partial charge in [0.1, 0.15) is 12.4 Å². The molecule has 1 saturated heterocycles. The molecule has 220 valence electrons. The molecule has 0 aliphatic carbocycles. The molecular weight excluding hydrogens is 536 g/mol. The van der Waals surface area contributed by atoms with Crippen LogP contribution in [0.15, 0.2) is 47.8 Å². The number of benzene rings is 2. The molecule has 2 amide bonds. The van der Waals surface area contributed by atoms with E-state index in [0.29, 0.717) is 13.1 Å². The van der Waals surface area contributed by atoms with Crippen molar-refractivity contribution in [3.63, 3.8) is 0 Å². The normalized spacial score (nSPS) is 18.3. The van der Waals surface area contributed by atoms with Crippen molar-refractivity contribution in [3.8, 4) is 5.75 Å². The number of piperidine rings is 1. The van der Waals surface area contributed by atoms with E-state index in [1.165, 1.54) is 37.6 Å². The fourth-order valence-corrected chi connectivity index (χ4v) is 6.59. The number of methoxy groups -OCH3 is 1. The number of carboxylic acid groups (broad SMARTS) is 1. The van der Waals surface area contributed by atoms with E-state index < -0.39 is 6.09 Å². The first-order valence-electron chi connectivity index (χ1n) is 14.3. The van der Waals surface area contributed by atoms with Crippen molar-refractivity contribution < 1.29 is 24.2 Å². The maximum absolute atomic E-state index is 13.1. The molecule has 1 fully saturated rings. The first-order chi connectivity index (χ1) is 19.7. The summed E-state index contributed by atoms with van der Waals surface area (Å²) < 4.78 is 10.9. The SMILES string of the molecule is COc1cc(C)c(C)c(C)c1.Cc1cccc(C2c3ccsc3CCN2C(=O)COCC2CCCCN2C(=O)O)c1. The van der Waals surface area contributed by atoms with Gasteiger partial charge in [-0.05, 0) is 105 Å². The molecule has 8 heteroatoms. The van der Waals surface area contributed by atoms with E-state index in [1.54, 1.807) is 18.4 Å². The third kappa shape index (κ3) is 7.49. The van der Waals surface area contributed by atoms with Gasteiger partial charge >= 0.3 is 6.09 Å². The highest BCUT2D eigenvalue weighted by atomic mass is 32.1. The second kappa shape index (κ2) is 14.0. The molecule has 0 radical (unpaired) electrons. The van der Waals surface area contributed by atoms with Crippen molar-refractivity contribution in [2.45, 2.75) is 65.5 Å². The Kier molecular flexibility index (Phi) is 10.5. The number of carbonyl (C=O) groups excluding carboxylic acids is 1. The van der Waals surface area contributed by atoms with E-state index in [0.717, 1.165) is 37.0 Å². The van der Waals surface area contributed by atoms with E-state index >= 15 is 0 Å². The molecule has 3 aromatic rings. The fraction of sp³-hybridized carbons (Fsp3) is 0.455. The van der Waals surface area contributed by atoms with Crippen LogP contribution < -0.4 is 4.74 Å². The highest BCUT2D eigenvalue weighted by molar-refractivity contribution is 7.10. The first-order valence-corrected chi connectivity index (χ1v) is 15.2. The zero-order valence-corrected chi connectivity index (χ0v) is 25.6. The van der Waals surface area contributed by atoms with Crippen LogP contribution >= 0.6 is 11.3 Å². The molecule has 2 aliphatic heterocycles. The van der Waals surface area contributed by atoms with E-state index in [9.17, 15) is 14.7 Å². The molecule has 5 rings (SSSR count). The summed E-state index contributed by atoms with van der Waals surface area (Å²) in [5.41, 5.74) is 7.43.